The van der Waals surface area contributed by atoms with Crippen LogP contribution >= 0.6 is 0 Å². The van der Waals surface area contributed by atoms with Crippen LogP contribution in [0, 0.1) is 11.8 Å². The highest BCUT2D eigenvalue weighted by Gasteiger charge is 2.51. The zero-order valence-electron chi connectivity index (χ0n) is 16.8. The third-order valence-corrected chi connectivity index (χ3v) is 5.75. The molecule has 2 bridgehead atoms. The van der Waals surface area contributed by atoms with Crippen molar-refractivity contribution in [3.05, 3.63) is 24.3 Å². The maximum Gasteiger partial charge on any atom is 0.514 e. The van der Waals surface area contributed by atoms with Crippen molar-refractivity contribution in [2.75, 3.05) is 19.1 Å². The molecule has 0 aromatic heterocycles. The first-order valence-electron chi connectivity index (χ1n) is 9.84. The van der Waals surface area contributed by atoms with E-state index in [1.54, 1.807) is 24.3 Å². The second-order valence-electron chi connectivity index (χ2n) is 8.56. The zero-order chi connectivity index (χ0) is 20.2. The number of rotatable bonds is 7. The van der Waals surface area contributed by atoms with Crippen LogP contribution < -0.4 is 15.5 Å². The van der Waals surface area contributed by atoms with Gasteiger partial charge in [0.2, 0.25) is 0 Å². The third kappa shape index (κ3) is 5.02. The van der Waals surface area contributed by atoms with Gasteiger partial charge in [0.15, 0.2) is 0 Å². The molecule has 4 atom stereocenters. The molecule has 1 aromatic carbocycles. The molecule has 1 aromatic rings. The van der Waals surface area contributed by atoms with E-state index in [1.165, 1.54) is 7.11 Å². The first kappa shape index (κ1) is 20.6. The number of fused-ring (bicyclic) bond motifs is 2. The van der Waals surface area contributed by atoms with Crippen molar-refractivity contribution in [3.8, 4) is 5.75 Å². The summed E-state index contributed by atoms with van der Waals surface area (Å²) < 4.78 is 11.2. The summed E-state index contributed by atoms with van der Waals surface area (Å²) in [6, 6.07) is 6.85. The number of nitrogens with one attached hydrogen (secondary N) is 2. The standard InChI is InChI=1S/C21H30N2O5/c1-15-10-16-12-20(2,14-21(11-15,13-16)22-8-9-24)28-19(25)27-18-6-4-17(5-7-18)23-26-3/h4-7,9,15-16,22-23H,8,10-14H2,1-3H3. The molecule has 3 rings (SSSR count). The summed E-state index contributed by atoms with van der Waals surface area (Å²) in [7, 11) is 1.53. The van der Waals surface area contributed by atoms with Gasteiger partial charge in [-0.2, -0.15) is 0 Å². The lowest BCUT2D eigenvalue weighted by molar-refractivity contribution is -0.110. The van der Waals surface area contributed by atoms with Crippen LogP contribution in [0.4, 0.5) is 10.5 Å². The Labute approximate surface area is 166 Å². The average Bonchev–Trinajstić information content (AvgIpc) is 2.60. The molecular weight excluding hydrogens is 360 g/mol. The summed E-state index contributed by atoms with van der Waals surface area (Å²) in [5, 5.41) is 3.42. The van der Waals surface area contributed by atoms with Crippen LogP contribution in [0.25, 0.3) is 0 Å². The van der Waals surface area contributed by atoms with Gasteiger partial charge in [0.1, 0.15) is 17.6 Å². The predicted octanol–water partition coefficient (Wildman–Crippen LogP) is 3.69. The van der Waals surface area contributed by atoms with Gasteiger partial charge in [0, 0.05) is 12.0 Å². The van der Waals surface area contributed by atoms with E-state index in [0.29, 0.717) is 30.6 Å². The first-order chi connectivity index (χ1) is 13.4. The minimum absolute atomic E-state index is 0.163. The number of carbonyl (C=O) groups excluding carboxylic acids is 2. The summed E-state index contributed by atoms with van der Waals surface area (Å²) in [6.45, 7) is 4.55. The van der Waals surface area contributed by atoms with E-state index in [2.05, 4.69) is 17.7 Å². The molecule has 2 aliphatic carbocycles. The number of hydrogen-bond acceptors (Lipinski definition) is 7. The summed E-state index contributed by atoms with van der Waals surface area (Å²) in [4.78, 5) is 28.2. The van der Waals surface area contributed by atoms with E-state index in [9.17, 15) is 9.59 Å². The number of benzene rings is 1. The topological polar surface area (TPSA) is 85.9 Å². The van der Waals surface area contributed by atoms with Crippen LogP contribution in [0.15, 0.2) is 24.3 Å². The van der Waals surface area contributed by atoms with Gasteiger partial charge in [-0.1, -0.05) is 6.92 Å². The van der Waals surface area contributed by atoms with Gasteiger partial charge in [-0.3, -0.25) is 10.3 Å². The molecule has 0 aliphatic heterocycles. The predicted molar refractivity (Wildman–Crippen MR) is 105 cm³/mol. The third-order valence-electron chi connectivity index (χ3n) is 5.75. The SMILES string of the molecule is CONc1ccc(OC(=O)OC2(C)CC3CC(C)CC(NCC=O)(C3)C2)cc1. The van der Waals surface area contributed by atoms with Crippen LogP contribution in [0.5, 0.6) is 5.75 Å². The lowest BCUT2D eigenvalue weighted by Gasteiger charge is -2.53. The van der Waals surface area contributed by atoms with Crippen molar-refractivity contribution in [3.63, 3.8) is 0 Å². The fourth-order valence-corrected chi connectivity index (χ4v) is 5.31. The molecule has 0 saturated heterocycles. The van der Waals surface area contributed by atoms with E-state index in [1.807, 2.05) is 6.92 Å². The Balaban J connectivity index is 1.65. The second-order valence-corrected chi connectivity index (χ2v) is 8.56. The molecule has 28 heavy (non-hydrogen) atoms. The van der Waals surface area contributed by atoms with E-state index in [4.69, 9.17) is 14.3 Å². The fraction of sp³-hybridized carbons (Fsp3) is 0.619. The Kier molecular flexibility index (Phi) is 6.25. The monoisotopic (exact) mass is 390 g/mol. The van der Waals surface area contributed by atoms with Crippen molar-refractivity contribution in [1.82, 2.24) is 5.32 Å². The maximum absolute atomic E-state index is 12.4. The molecule has 7 heteroatoms. The quantitative estimate of drug-likeness (QED) is 0.318. The maximum atomic E-state index is 12.4. The summed E-state index contributed by atoms with van der Waals surface area (Å²) in [6.07, 6.45) is 4.81. The summed E-state index contributed by atoms with van der Waals surface area (Å²) >= 11 is 0. The van der Waals surface area contributed by atoms with Crippen LogP contribution in [0.3, 0.4) is 0 Å². The number of anilines is 1. The highest BCUT2D eigenvalue weighted by Crippen LogP contribution is 2.50. The molecule has 2 N–H and O–H groups in total. The van der Waals surface area contributed by atoms with Crippen LogP contribution in [0.1, 0.15) is 46.0 Å². The Bertz CT molecular complexity index is 691. The Morgan fingerprint density at radius 1 is 1.25 bits per heavy atom. The Hall–Kier alpha value is -2.12. The first-order valence-corrected chi connectivity index (χ1v) is 9.84. The molecule has 0 spiro atoms. The lowest BCUT2D eigenvalue weighted by atomic mass is 9.59. The largest absolute Gasteiger partial charge is 0.514 e. The van der Waals surface area contributed by atoms with Gasteiger partial charge in [-0.25, -0.2) is 4.79 Å². The highest BCUT2D eigenvalue weighted by molar-refractivity contribution is 5.65. The van der Waals surface area contributed by atoms with Crippen LogP contribution in [-0.2, 0) is 14.4 Å². The second kappa shape index (κ2) is 8.49. The Morgan fingerprint density at radius 3 is 2.68 bits per heavy atom. The molecule has 2 saturated carbocycles. The van der Waals surface area contributed by atoms with Gasteiger partial charge in [-0.15, -0.1) is 0 Å². The smallest absolute Gasteiger partial charge is 0.428 e. The number of aldehydes is 1. The highest BCUT2D eigenvalue weighted by atomic mass is 16.7. The normalized spacial score (nSPS) is 31.7. The number of carbonyl (C=O) groups is 2. The molecule has 154 valence electrons. The molecule has 2 aliphatic rings. The van der Waals surface area contributed by atoms with Crippen LogP contribution in [-0.4, -0.2) is 37.2 Å². The van der Waals surface area contributed by atoms with Crippen molar-refractivity contribution < 1.29 is 23.9 Å². The van der Waals surface area contributed by atoms with E-state index >= 15 is 0 Å². The molecule has 0 radical (unpaired) electrons. The van der Waals surface area contributed by atoms with Gasteiger partial charge >= 0.3 is 6.16 Å². The number of ether oxygens (including phenoxy) is 2. The van der Waals surface area contributed by atoms with E-state index in [-0.39, 0.29) is 5.54 Å². The van der Waals surface area contributed by atoms with Crippen molar-refractivity contribution >= 4 is 18.1 Å². The fourth-order valence-electron chi connectivity index (χ4n) is 5.31. The molecule has 4 unspecified atom stereocenters. The molecule has 0 heterocycles. The van der Waals surface area contributed by atoms with E-state index in [0.717, 1.165) is 37.7 Å². The van der Waals surface area contributed by atoms with Crippen molar-refractivity contribution in [2.24, 2.45) is 11.8 Å². The molecule has 7 nitrogen and oxygen atoms in total. The average molecular weight is 390 g/mol. The van der Waals surface area contributed by atoms with Gasteiger partial charge < -0.3 is 19.6 Å². The van der Waals surface area contributed by atoms with Crippen molar-refractivity contribution in [1.29, 1.82) is 0 Å². The van der Waals surface area contributed by atoms with Gasteiger partial charge in [0.05, 0.1) is 19.3 Å². The molecule has 0 amide bonds. The minimum Gasteiger partial charge on any atom is -0.428 e. The summed E-state index contributed by atoms with van der Waals surface area (Å²) in [5.41, 5.74) is 2.68. The molecule has 2 fully saturated rings. The van der Waals surface area contributed by atoms with Crippen LogP contribution in [0.2, 0.25) is 0 Å². The molecular formula is C21H30N2O5. The van der Waals surface area contributed by atoms with Gasteiger partial charge in [-0.05, 0) is 68.7 Å². The summed E-state index contributed by atoms with van der Waals surface area (Å²) in [5.74, 6) is 1.47. The van der Waals surface area contributed by atoms with E-state index < -0.39 is 11.8 Å². The number of hydrogen-bond donors (Lipinski definition) is 2. The van der Waals surface area contributed by atoms with Gasteiger partial charge in [0.25, 0.3) is 0 Å². The lowest BCUT2D eigenvalue weighted by Crippen LogP contribution is -2.60. The zero-order valence-corrected chi connectivity index (χ0v) is 16.8. The van der Waals surface area contributed by atoms with Crippen molar-refractivity contribution in [2.45, 2.75) is 57.1 Å². The minimum atomic E-state index is -0.700. The Morgan fingerprint density at radius 2 is 2.00 bits per heavy atom.